The van der Waals surface area contributed by atoms with Crippen molar-refractivity contribution in [3.63, 3.8) is 0 Å². The van der Waals surface area contributed by atoms with Crippen molar-refractivity contribution in [1.29, 1.82) is 0 Å². The van der Waals surface area contributed by atoms with Crippen molar-refractivity contribution >= 4 is 17.1 Å². The largest absolute Gasteiger partial charge is 0.438 e. The number of hydrogen-bond donors (Lipinski definition) is 1. The molecule has 35 heavy (non-hydrogen) atoms. The van der Waals surface area contributed by atoms with Crippen LogP contribution in [-0.4, -0.2) is 28.0 Å². The minimum atomic E-state index is -0.880. The van der Waals surface area contributed by atoms with Crippen LogP contribution in [0.5, 0.6) is 0 Å². The predicted molar refractivity (Wildman–Crippen MR) is 127 cm³/mol. The Labute approximate surface area is 202 Å². The molecule has 2 heterocycles. The van der Waals surface area contributed by atoms with Gasteiger partial charge >= 0.3 is 6.03 Å². The number of urea groups is 1. The Bertz CT molecular complexity index is 1280. The average molecular weight is 478 g/mol. The van der Waals surface area contributed by atoms with Gasteiger partial charge in [-0.05, 0) is 105 Å². The summed E-state index contributed by atoms with van der Waals surface area (Å²) < 4.78 is 33.2. The summed E-state index contributed by atoms with van der Waals surface area (Å²) in [5.41, 5.74) is 2.56. The van der Waals surface area contributed by atoms with E-state index in [1.807, 2.05) is 17.0 Å². The van der Waals surface area contributed by atoms with Crippen molar-refractivity contribution in [2.45, 2.75) is 62.9 Å². The summed E-state index contributed by atoms with van der Waals surface area (Å²) in [5, 5.41) is 3.49. The Morgan fingerprint density at radius 1 is 0.971 bits per heavy atom. The average Bonchev–Trinajstić information content (AvgIpc) is 3.46. The third kappa shape index (κ3) is 3.62. The summed E-state index contributed by atoms with van der Waals surface area (Å²) in [6, 6.07) is 9.13. The van der Waals surface area contributed by atoms with Crippen LogP contribution in [0, 0.1) is 29.4 Å². The fraction of sp³-hybridized carbons (Fsp3) is 0.500. The lowest BCUT2D eigenvalue weighted by atomic mass is 9.53. The number of nitrogens with one attached hydrogen (secondary N) is 1. The molecule has 4 saturated carbocycles. The SMILES string of the molecule is O=C(NC12CC3CC(CC(C3)C1)C2)N1CCC[C@@H]1c1nc2cc(-c3ccc(F)c(F)c3)ccc2o1. The standard InChI is InChI=1S/C28H29F2N3O2/c29-21-5-3-19(11-22(21)30)20-4-6-25-23(12-20)31-26(35-25)24-2-1-7-33(24)27(34)32-28-13-16-8-17(14-28)10-18(9-16)15-28/h3-6,11-12,16-18,24H,1-2,7-10,13-15H2,(H,32,34)/t16?,17?,18?,24-,28?/m1/s1. The first-order chi connectivity index (χ1) is 16.9. The van der Waals surface area contributed by atoms with E-state index in [9.17, 15) is 13.6 Å². The Balaban J connectivity index is 1.13. The molecule has 182 valence electrons. The van der Waals surface area contributed by atoms with Crippen LogP contribution in [0.25, 0.3) is 22.2 Å². The Morgan fingerprint density at radius 3 is 2.37 bits per heavy atom. The number of oxazole rings is 1. The van der Waals surface area contributed by atoms with E-state index in [-0.39, 0.29) is 17.6 Å². The van der Waals surface area contributed by atoms with Crippen molar-refractivity contribution in [3.8, 4) is 11.1 Å². The van der Waals surface area contributed by atoms with Gasteiger partial charge in [0.1, 0.15) is 11.6 Å². The van der Waals surface area contributed by atoms with E-state index >= 15 is 0 Å². The van der Waals surface area contributed by atoms with Gasteiger partial charge in [0.05, 0.1) is 0 Å². The van der Waals surface area contributed by atoms with E-state index in [0.29, 0.717) is 29.1 Å². The maximum Gasteiger partial charge on any atom is 0.318 e. The Kier molecular flexibility index (Phi) is 4.74. The summed E-state index contributed by atoms with van der Waals surface area (Å²) in [7, 11) is 0. The third-order valence-electron chi connectivity index (χ3n) is 8.87. The van der Waals surface area contributed by atoms with E-state index in [2.05, 4.69) is 5.32 Å². The van der Waals surface area contributed by atoms with Gasteiger partial charge in [-0.15, -0.1) is 0 Å². The highest BCUT2D eigenvalue weighted by Crippen LogP contribution is 2.55. The highest BCUT2D eigenvalue weighted by Gasteiger charge is 2.52. The van der Waals surface area contributed by atoms with Crippen molar-refractivity contribution in [3.05, 3.63) is 53.9 Å². The lowest BCUT2D eigenvalue weighted by Gasteiger charge is -2.57. The number of halogens is 2. The van der Waals surface area contributed by atoms with Gasteiger partial charge in [0.15, 0.2) is 17.2 Å². The van der Waals surface area contributed by atoms with Crippen molar-refractivity contribution in [2.75, 3.05) is 6.54 Å². The molecule has 7 heteroatoms. The molecule has 0 radical (unpaired) electrons. The molecular formula is C28H29F2N3O2. The zero-order valence-electron chi connectivity index (χ0n) is 19.6. The number of carbonyl (C=O) groups is 1. The van der Waals surface area contributed by atoms with Crippen LogP contribution in [0.1, 0.15) is 63.3 Å². The molecule has 0 spiro atoms. The topological polar surface area (TPSA) is 58.4 Å². The van der Waals surface area contributed by atoms with Gasteiger partial charge in [0.25, 0.3) is 0 Å². The second-order valence-corrected chi connectivity index (χ2v) is 11.3. The number of fused-ring (bicyclic) bond motifs is 1. The maximum absolute atomic E-state index is 13.7. The van der Waals surface area contributed by atoms with Crippen molar-refractivity contribution < 1.29 is 18.0 Å². The monoisotopic (exact) mass is 477 g/mol. The van der Waals surface area contributed by atoms with E-state index in [0.717, 1.165) is 61.5 Å². The van der Waals surface area contributed by atoms with Gasteiger partial charge in [0, 0.05) is 12.1 Å². The van der Waals surface area contributed by atoms with E-state index in [1.54, 1.807) is 12.1 Å². The first kappa shape index (κ1) is 21.3. The summed E-state index contributed by atoms with van der Waals surface area (Å²) in [4.78, 5) is 20.1. The van der Waals surface area contributed by atoms with E-state index in [4.69, 9.17) is 9.40 Å². The van der Waals surface area contributed by atoms with Gasteiger partial charge in [-0.1, -0.05) is 12.1 Å². The molecule has 0 unspecified atom stereocenters. The lowest BCUT2D eigenvalue weighted by molar-refractivity contribution is -0.0160. The number of nitrogens with zero attached hydrogens (tertiary/aromatic N) is 2. The molecule has 2 amide bonds. The predicted octanol–water partition coefficient (Wildman–Crippen LogP) is 6.59. The van der Waals surface area contributed by atoms with Gasteiger partial charge < -0.3 is 14.6 Å². The summed E-state index contributed by atoms with van der Waals surface area (Å²) in [5.74, 6) is 1.12. The molecule has 2 aromatic carbocycles. The lowest BCUT2D eigenvalue weighted by Crippen LogP contribution is -2.61. The molecule has 4 bridgehead atoms. The minimum absolute atomic E-state index is 0.0131. The van der Waals surface area contributed by atoms with E-state index in [1.165, 1.54) is 25.3 Å². The number of benzene rings is 2. The zero-order valence-corrected chi connectivity index (χ0v) is 19.6. The van der Waals surface area contributed by atoms with Crippen molar-refractivity contribution in [1.82, 2.24) is 15.2 Å². The normalized spacial score (nSPS) is 31.4. The zero-order chi connectivity index (χ0) is 23.7. The number of amides is 2. The van der Waals surface area contributed by atoms with Crippen LogP contribution in [0.4, 0.5) is 13.6 Å². The number of likely N-dealkylation sites (tertiary alicyclic amines) is 1. The first-order valence-electron chi connectivity index (χ1n) is 12.9. The fourth-order valence-electron chi connectivity index (χ4n) is 7.77. The third-order valence-corrected chi connectivity index (χ3v) is 8.87. The van der Waals surface area contributed by atoms with Gasteiger partial charge in [-0.3, -0.25) is 0 Å². The Morgan fingerprint density at radius 2 is 1.66 bits per heavy atom. The molecule has 1 atom stereocenters. The number of carbonyl (C=O) groups excluding carboxylic acids is 1. The summed E-state index contributed by atoms with van der Waals surface area (Å²) in [6.45, 7) is 0.696. The Hall–Kier alpha value is -2.96. The van der Waals surface area contributed by atoms with Gasteiger partial charge in [0.2, 0.25) is 5.89 Å². The molecule has 1 aromatic heterocycles. The number of rotatable bonds is 3. The van der Waals surface area contributed by atoms with Crippen LogP contribution in [0.3, 0.4) is 0 Å². The molecule has 3 aromatic rings. The van der Waals surface area contributed by atoms with Crippen LogP contribution in [0.15, 0.2) is 40.8 Å². The highest BCUT2D eigenvalue weighted by molar-refractivity contribution is 5.81. The fourth-order valence-corrected chi connectivity index (χ4v) is 7.77. The maximum atomic E-state index is 13.7. The minimum Gasteiger partial charge on any atom is -0.438 e. The first-order valence-corrected chi connectivity index (χ1v) is 12.9. The van der Waals surface area contributed by atoms with Crippen LogP contribution in [0.2, 0.25) is 0 Å². The second-order valence-electron chi connectivity index (χ2n) is 11.3. The molecule has 1 saturated heterocycles. The molecule has 8 rings (SSSR count). The van der Waals surface area contributed by atoms with Gasteiger partial charge in [-0.25, -0.2) is 18.6 Å². The van der Waals surface area contributed by atoms with E-state index < -0.39 is 11.6 Å². The van der Waals surface area contributed by atoms with Crippen LogP contribution >= 0.6 is 0 Å². The molecule has 1 N–H and O–H groups in total. The van der Waals surface area contributed by atoms with Crippen LogP contribution < -0.4 is 5.32 Å². The molecule has 1 aliphatic heterocycles. The smallest absolute Gasteiger partial charge is 0.318 e. The van der Waals surface area contributed by atoms with Gasteiger partial charge in [-0.2, -0.15) is 0 Å². The summed E-state index contributed by atoms with van der Waals surface area (Å²) >= 11 is 0. The molecule has 5 nitrogen and oxygen atoms in total. The molecular weight excluding hydrogens is 448 g/mol. The highest BCUT2D eigenvalue weighted by atomic mass is 19.2. The van der Waals surface area contributed by atoms with Crippen molar-refractivity contribution in [2.24, 2.45) is 17.8 Å². The molecule has 5 aliphatic rings. The number of aromatic nitrogens is 1. The molecule has 5 fully saturated rings. The number of hydrogen-bond acceptors (Lipinski definition) is 3. The second kappa shape index (κ2) is 7.77. The summed E-state index contributed by atoms with van der Waals surface area (Å²) in [6.07, 6.45) is 9.14. The van der Waals surface area contributed by atoms with Crippen LogP contribution in [-0.2, 0) is 0 Å². The quantitative estimate of drug-likeness (QED) is 0.463. The molecule has 4 aliphatic carbocycles.